The molecule has 2 heterocycles. The van der Waals surface area contributed by atoms with Crippen molar-refractivity contribution in [1.82, 2.24) is 10.2 Å². The molecular formula is C23H22N2O6. The van der Waals surface area contributed by atoms with Gasteiger partial charge in [0.2, 0.25) is 0 Å². The number of ether oxygens (including phenoxy) is 1. The molecular weight excluding hydrogens is 400 g/mol. The van der Waals surface area contributed by atoms with Crippen LogP contribution in [-0.2, 0) is 14.3 Å². The third-order valence-corrected chi connectivity index (χ3v) is 5.58. The van der Waals surface area contributed by atoms with Gasteiger partial charge in [-0.15, -0.1) is 0 Å². The molecule has 1 saturated carbocycles. The van der Waals surface area contributed by atoms with E-state index < -0.39 is 23.8 Å². The number of benzene rings is 1. The molecule has 8 nitrogen and oxygen atoms in total. The Morgan fingerprint density at radius 1 is 1.10 bits per heavy atom. The van der Waals surface area contributed by atoms with Gasteiger partial charge in [0.25, 0.3) is 11.8 Å². The molecule has 1 saturated heterocycles. The molecule has 31 heavy (non-hydrogen) atoms. The van der Waals surface area contributed by atoms with Crippen LogP contribution in [0.2, 0.25) is 0 Å². The number of methoxy groups -OCH3 is 1. The van der Waals surface area contributed by atoms with Crippen molar-refractivity contribution in [3.63, 3.8) is 0 Å². The van der Waals surface area contributed by atoms with Crippen LogP contribution in [0.4, 0.5) is 4.79 Å². The number of rotatable bonds is 4. The fourth-order valence-corrected chi connectivity index (χ4v) is 4.05. The molecule has 0 unspecified atom stereocenters. The lowest BCUT2D eigenvalue weighted by Crippen LogP contribution is -2.58. The van der Waals surface area contributed by atoms with Crippen molar-refractivity contribution < 1.29 is 28.3 Å². The van der Waals surface area contributed by atoms with Gasteiger partial charge in [0.05, 0.1) is 12.7 Å². The largest absolute Gasteiger partial charge is 0.465 e. The summed E-state index contributed by atoms with van der Waals surface area (Å²) < 4.78 is 10.6. The number of esters is 1. The topological polar surface area (TPSA) is 106 Å². The van der Waals surface area contributed by atoms with Crippen LogP contribution in [0.15, 0.2) is 46.4 Å². The maximum atomic E-state index is 13.0. The van der Waals surface area contributed by atoms with Gasteiger partial charge in [-0.1, -0.05) is 37.5 Å². The highest BCUT2D eigenvalue weighted by atomic mass is 16.5. The summed E-state index contributed by atoms with van der Waals surface area (Å²) in [5.74, 6) is -1.23. The van der Waals surface area contributed by atoms with Crippen molar-refractivity contribution in [2.45, 2.75) is 38.1 Å². The van der Waals surface area contributed by atoms with Gasteiger partial charge in [0.15, 0.2) is 0 Å². The fourth-order valence-electron chi connectivity index (χ4n) is 4.05. The molecule has 160 valence electrons. The Balaban J connectivity index is 1.64. The summed E-state index contributed by atoms with van der Waals surface area (Å²) in [6.45, 7) is 0. The summed E-state index contributed by atoms with van der Waals surface area (Å²) in [4.78, 5) is 50.8. The molecule has 0 bridgehead atoms. The van der Waals surface area contributed by atoms with Crippen molar-refractivity contribution in [3.8, 4) is 11.3 Å². The first-order chi connectivity index (χ1) is 15.0. The molecule has 1 aliphatic carbocycles. The summed E-state index contributed by atoms with van der Waals surface area (Å²) in [6, 6.07) is 9.15. The number of nitrogens with zero attached hydrogens (tertiary/aromatic N) is 1. The van der Waals surface area contributed by atoms with Crippen molar-refractivity contribution in [1.29, 1.82) is 0 Å². The number of nitrogens with one attached hydrogen (secondary N) is 1. The first kappa shape index (κ1) is 20.6. The minimum Gasteiger partial charge on any atom is -0.465 e. The SMILES string of the molecule is COC(=O)c1ccccc1-c1ccc(C=C2C(=O)NC(=O)N(C3CCCCC3)C2=O)o1. The van der Waals surface area contributed by atoms with Gasteiger partial charge in [0, 0.05) is 11.6 Å². The third kappa shape index (κ3) is 4.01. The Labute approximate surface area is 178 Å². The zero-order chi connectivity index (χ0) is 22.0. The number of carbonyl (C=O) groups excluding carboxylic acids is 4. The minimum atomic E-state index is -0.755. The Kier molecular flexibility index (Phi) is 5.70. The van der Waals surface area contributed by atoms with E-state index in [1.165, 1.54) is 13.2 Å². The Hall–Kier alpha value is -3.68. The second-order valence-electron chi connectivity index (χ2n) is 7.52. The van der Waals surface area contributed by atoms with E-state index in [9.17, 15) is 19.2 Å². The first-order valence-corrected chi connectivity index (χ1v) is 10.2. The van der Waals surface area contributed by atoms with Crippen LogP contribution in [0.3, 0.4) is 0 Å². The Morgan fingerprint density at radius 3 is 2.58 bits per heavy atom. The van der Waals surface area contributed by atoms with Crippen molar-refractivity contribution >= 4 is 29.9 Å². The quantitative estimate of drug-likeness (QED) is 0.459. The molecule has 4 amide bonds. The predicted molar refractivity (Wildman–Crippen MR) is 111 cm³/mol. The second-order valence-corrected chi connectivity index (χ2v) is 7.52. The monoisotopic (exact) mass is 422 g/mol. The van der Waals surface area contributed by atoms with Crippen LogP contribution < -0.4 is 5.32 Å². The van der Waals surface area contributed by atoms with Crippen LogP contribution in [0, 0.1) is 0 Å². The number of hydrogen-bond donors (Lipinski definition) is 1. The molecule has 0 spiro atoms. The zero-order valence-electron chi connectivity index (χ0n) is 17.1. The maximum absolute atomic E-state index is 13.0. The average Bonchev–Trinajstić information content (AvgIpc) is 3.25. The molecule has 0 radical (unpaired) electrons. The zero-order valence-corrected chi connectivity index (χ0v) is 17.1. The van der Waals surface area contributed by atoms with Gasteiger partial charge < -0.3 is 9.15 Å². The fraction of sp³-hybridized carbons (Fsp3) is 0.304. The van der Waals surface area contributed by atoms with Gasteiger partial charge in [0.1, 0.15) is 17.1 Å². The lowest BCUT2D eigenvalue weighted by atomic mass is 9.93. The summed E-state index contributed by atoms with van der Waals surface area (Å²) >= 11 is 0. The van der Waals surface area contributed by atoms with E-state index in [0.717, 1.165) is 37.0 Å². The standard InChI is InChI=1S/C23H22N2O6/c1-30-22(28)17-10-6-5-9-16(17)19-12-11-15(31-19)13-18-20(26)24-23(29)25(21(18)27)14-7-3-2-4-8-14/h5-6,9-14H,2-4,7-8H2,1H3,(H,24,26,29). The van der Waals surface area contributed by atoms with E-state index in [1.54, 1.807) is 36.4 Å². The smallest absolute Gasteiger partial charge is 0.338 e. The number of urea groups is 1. The number of amides is 4. The van der Waals surface area contributed by atoms with Gasteiger partial charge >= 0.3 is 12.0 Å². The van der Waals surface area contributed by atoms with Crippen LogP contribution in [0.1, 0.15) is 48.2 Å². The Morgan fingerprint density at radius 2 is 1.84 bits per heavy atom. The van der Waals surface area contributed by atoms with E-state index >= 15 is 0 Å². The summed E-state index contributed by atoms with van der Waals surface area (Å²) in [5, 5.41) is 2.25. The van der Waals surface area contributed by atoms with Crippen LogP contribution in [0.25, 0.3) is 17.4 Å². The Bertz CT molecular complexity index is 1080. The predicted octanol–water partition coefficient (Wildman–Crippen LogP) is 3.53. The van der Waals surface area contributed by atoms with Crippen LogP contribution in [0.5, 0.6) is 0 Å². The molecule has 4 rings (SSSR count). The van der Waals surface area contributed by atoms with Crippen molar-refractivity contribution in [2.75, 3.05) is 7.11 Å². The lowest BCUT2D eigenvalue weighted by molar-refractivity contribution is -0.132. The highest BCUT2D eigenvalue weighted by molar-refractivity contribution is 6.31. The van der Waals surface area contributed by atoms with Gasteiger partial charge in [-0.3, -0.25) is 19.8 Å². The van der Waals surface area contributed by atoms with Gasteiger partial charge in [-0.25, -0.2) is 9.59 Å². The molecule has 1 aromatic carbocycles. The lowest BCUT2D eigenvalue weighted by Gasteiger charge is -2.35. The minimum absolute atomic E-state index is 0.160. The van der Waals surface area contributed by atoms with E-state index in [2.05, 4.69) is 5.32 Å². The maximum Gasteiger partial charge on any atom is 0.338 e. The summed E-state index contributed by atoms with van der Waals surface area (Å²) in [5.41, 5.74) is 0.698. The van der Waals surface area contributed by atoms with Gasteiger partial charge in [-0.2, -0.15) is 0 Å². The normalized spacial score (nSPS) is 18.9. The number of imide groups is 2. The van der Waals surface area contributed by atoms with E-state index in [-0.39, 0.29) is 17.4 Å². The number of carbonyl (C=O) groups is 4. The summed E-state index contributed by atoms with van der Waals surface area (Å²) in [6.07, 6.45) is 5.74. The molecule has 0 atom stereocenters. The molecule has 2 aromatic rings. The number of furan rings is 1. The van der Waals surface area contributed by atoms with Crippen molar-refractivity contribution in [3.05, 3.63) is 53.3 Å². The van der Waals surface area contributed by atoms with E-state index in [1.807, 2.05) is 0 Å². The highest BCUT2D eigenvalue weighted by Gasteiger charge is 2.40. The molecule has 1 aromatic heterocycles. The first-order valence-electron chi connectivity index (χ1n) is 10.2. The molecule has 8 heteroatoms. The molecule has 2 fully saturated rings. The number of barbiturate groups is 1. The van der Waals surface area contributed by atoms with Crippen molar-refractivity contribution in [2.24, 2.45) is 0 Å². The van der Waals surface area contributed by atoms with E-state index in [0.29, 0.717) is 16.9 Å². The molecule has 2 aliphatic rings. The molecule has 1 N–H and O–H groups in total. The van der Waals surface area contributed by atoms with Gasteiger partial charge in [-0.05, 0) is 37.1 Å². The van der Waals surface area contributed by atoms with E-state index in [4.69, 9.17) is 9.15 Å². The second kappa shape index (κ2) is 8.59. The van der Waals surface area contributed by atoms with Crippen LogP contribution >= 0.6 is 0 Å². The average molecular weight is 422 g/mol. The third-order valence-electron chi connectivity index (χ3n) is 5.58. The van der Waals surface area contributed by atoms with Crippen LogP contribution in [-0.4, -0.2) is 41.9 Å². The highest BCUT2D eigenvalue weighted by Crippen LogP contribution is 2.29. The number of hydrogen-bond acceptors (Lipinski definition) is 6. The summed E-state index contributed by atoms with van der Waals surface area (Å²) in [7, 11) is 1.30. The molecule has 1 aliphatic heterocycles.